The summed E-state index contributed by atoms with van der Waals surface area (Å²) in [5, 5.41) is 5.19. The van der Waals surface area contributed by atoms with Crippen LogP contribution in [-0.4, -0.2) is 39.7 Å². The molecule has 3 aromatic heterocycles. The van der Waals surface area contributed by atoms with Crippen molar-refractivity contribution in [1.82, 2.24) is 15.0 Å². The number of aromatic nitrogens is 3. The first-order valence-electron chi connectivity index (χ1n) is 10.9. The van der Waals surface area contributed by atoms with Crippen LogP contribution in [0.15, 0.2) is 48.9 Å². The Bertz CT molecular complexity index is 1320. The van der Waals surface area contributed by atoms with E-state index in [0.29, 0.717) is 6.20 Å². The maximum absolute atomic E-state index is 13.3. The number of ether oxygens (including phenoxy) is 2. The highest BCUT2D eigenvalue weighted by Crippen LogP contribution is 2.45. The molecule has 2 N–H and O–H groups in total. The van der Waals surface area contributed by atoms with Crippen molar-refractivity contribution >= 4 is 34.8 Å². The zero-order chi connectivity index (χ0) is 27.7. The minimum absolute atomic E-state index is 0.000183. The highest BCUT2D eigenvalue weighted by Gasteiger charge is 2.53. The molecule has 1 aliphatic heterocycles. The van der Waals surface area contributed by atoms with Crippen molar-refractivity contribution in [1.29, 1.82) is 0 Å². The van der Waals surface area contributed by atoms with E-state index < -0.39 is 42.3 Å². The highest BCUT2D eigenvalue weighted by molar-refractivity contribution is 6.29. The number of alkyl halides is 6. The molecule has 8 nitrogen and oxygen atoms in total. The number of nitrogens with one attached hydrogen (secondary N) is 2. The number of hydrogen-bond acceptors (Lipinski definition) is 7. The molecule has 0 bridgehead atoms. The first-order valence-corrected chi connectivity index (χ1v) is 11.3. The van der Waals surface area contributed by atoms with E-state index in [9.17, 15) is 31.1 Å². The van der Waals surface area contributed by atoms with Crippen LogP contribution >= 0.6 is 11.6 Å². The first-order chi connectivity index (χ1) is 17.8. The van der Waals surface area contributed by atoms with Gasteiger partial charge in [0.05, 0.1) is 24.1 Å². The maximum Gasteiger partial charge on any atom is 0.417 e. The SMILES string of the molecule is CCC1(c2cc(Cl)ncc2NC(=O)c2ccnc(Nc3ccc(C(F)(F)F)cn3)c2)OC[C@H](C(F)(F)F)O1. The minimum Gasteiger partial charge on any atom is -0.343 e. The van der Waals surface area contributed by atoms with Crippen LogP contribution < -0.4 is 10.6 Å². The summed E-state index contributed by atoms with van der Waals surface area (Å²) in [5.74, 6) is -2.39. The first kappa shape index (κ1) is 27.5. The van der Waals surface area contributed by atoms with Crippen LogP contribution in [0.2, 0.25) is 5.15 Å². The fraction of sp³-hybridized carbons (Fsp3) is 0.304. The van der Waals surface area contributed by atoms with Crippen molar-refractivity contribution in [3.8, 4) is 0 Å². The maximum atomic E-state index is 13.3. The van der Waals surface area contributed by atoms with Gasteiger partial charge in [-0.05, 0) is 30.3 Å². The molecule has 0 radical (unpaired) electrons. The van der Waals surface area contributed by atoms with Gasteiger partial charge in [0.2, 0.25) is 0 Å². The van der Waals surface area contributed by atoms with Crippen LogP contribution in [0.3, 0.4) is 0 Å². The number of nitrogens with zero attached hydrogens (tertiary/aromatic N) is 3. The fourth-order valence-electron chi connectivity index (χ4n) is 3.63. The van der Waals surface area contributed by atoms with E-state index in [-0.39, 0.29) is 40.0 Å². The second kappa shape index (κ2) is 10.3. The molecule has 3 aromatic rings. The lowest BCUT2D eigenvalue weighted by Gasteiger charge is -2.29. The smallest absolute Gasteiger partial charge is 0.343 e. The van der Waals surface area contributed by atoms with Crippen LogP contribution in [0, 0.1) is 0 Å². The lowest BCUT2D eigenvalue weighted by atomic mass is 10.0. The summed E-state index contributed by atoms with van der Waals surface area (Å²) in [6, 6.07) is 5.83. The highest BCUT2D eigenvalue weighted by atomic mass is 35.5. The quantitative estimate of drug-likeness (QED) is 0.278. The number of carbonyl (C=O) groups excluding carboxylic acids is 1. The van der Waals surface area contributed by atoms with E-state index in [1.807, 2.05) is 0 Å². The number of hydrogen-bond donors (Lipinski definition) is 2. The molecule has 202 valence electrons. The van der Waals surface area contributed by atoms with Crippen molar-refractivity contribution in [2.75, 3.05) is 17.2 Å². The van der Waals surface area contributed by atoms with Crippen molar-refractivity contribution in [2.24, 2.45) is 0 Å². The Morgan fingerprint density at radius 1 is 1.08 bits per heavy atom. The number of pyridine rings is 3. The molecule has 4 rings (SSSR count). The third-order valence-electron chi connectivity index (χ3n) is 5.53. The van der Waals surface area contributed by atoms with Gasteiger partial charge in [0, 0.05) is 29.9 Å². The normalized spacial score (nSPS) is 19.8. The molecular weight excluding hydrogens is 544 g/mol. The van der Waals surface area contributed by atoms with Gasteiger partial charge in [-0.15, -0.1) is 0 Å². The number of anilines is 3. The fourth-order valence-corrected chi connectivity index (χ4v) is 3.79. The molecule has 1 amide bonds. The Hall–Kier alpha value is -3.49. The molecule has 2 atom stereocenters. The van der Waals surface area contributed by atoms with Crippen LogP contribution in [0.25, 0.3) is 0 Å². The van der Waals surface area contributed by atoms with Gasteiger partial charge in [0.25, 0.3) is 5.91 Å². The Morgan fingerprint density at radius 3 is 2.45 bits per heavy atom. The van der Waals surface area contributed by atoms with Gasteiger partial charge in [0.15, 0.2) is 11.9 Å². The lowest BCUT2D eigenvalue weighted by Crippen LogP contribution is -2.34. The molecule has 1 aliphatic rings. The number of halogens is 7. The summed E-state index contributed by atoms with van der Waals surface area (Å²) in [4.78, 5) is 24.6. The molecular formula is C23H18ClF6N5O3. The molecule has 1 saturated heterocycles. The van der Waals surface area contributed by atoms with Gasteiger partial charge >= 0.3 is 12.4 Å². The average Bonchev–Trinajstić information content (AvgIpc) is 3.32. The molecule has 15 heteroatoms. The Balaban J connectivity index is 1.55. The molecule has 4 heterocycles. The molecule has 0 aromatic carbocycles. The molecule has 0 spiro atoms. The van der Waals surface area contributed by atoms with Crippen LogP contribution in [0.1, 0.15) is 34.8 Å². The lowest BCUT2D eigenvalue weighted by molar-refractivity contribution is -0.247. The van der Waals surface area contributed by atoms with Gasteiger partial charge in [-0.3, -0.25) is 4.79 Å². The largest absolute Gasteiger partial charge is 0.417 e. The van der Waals surface area contributed by atoms with Crippen molar-refractivity contribution < 1.29 is 40.6 Å². The molecule has 0 saturated carbocycles. The summed E-state index contributed by atoms with van der Waals surface area (Å²) in [6.45, 7) is 0.802. The van der Waals surface area contributed by atoms with Crippen LogP contribution in [0.5, 0.6) is 0 Å². The van der Waals surface area contributed by atoms with Gasteiger partial charge in [-0.25, -0.2) is 15.0 Å². The Morgan fingerprint density at radius 2 is 1.84 bits per heavy atom. The Kier molecular flexibility index (Phi) is 7.50. The average molecular weight is 562 g/mol. The van der Waals surface area contributed by atoms with Gasteiger partial charge < -0.3 is 20.1 Å². The summed E-state index contributed by atoms with van der Waals surface area (Å²) in [7, 11) is 0. The molecule has 1 unspecified atom stereocenters. The third kappa shape index (κ3) is 5.97. The second-order valence-corrected chi connectivity index (χ2v) is 8.44. The standard InChI is InChI=1S/C23H18ClF6N5O3/c1-2-21(37-11-16(38-21)23(28,29)30)14-8-17(24)32-10-15(14)34-20(36)12-5-6-31-19(7-12)35-18-4-3-13(9-33-18)22(25,26)27/h3-10,16H,2,11H2,1H3,(H,34,36)(H,31,33,35)/t16-,21?/m1/s1. The Labute approximate surface area is 216 Å². The zero-order valence-electron chi connectivity index (χ0n) is 19.3. The van der Waals surface area contributed by atoms with Gasteiger partial charge in [0.1, 0.15) is 16.8 Å². The molecule has 38 heavy (non-hydrogen) atoms. The summed E-state index contributed by atoms with van der Waals surface area (Å²) >= 11 is 5.98. The second-order valence-electron chi connectivity index (χ2n) is 8.06. The van der Waals surface area contributed by atoms with Gasteiger partial charge in [-0.1, -0.05) is 18.5 Å². The summed E-state index contributed by atoms with van der Waals surface area (Å²) in [6.07, 6.45) is -8.35. The van der Waals surface area contributed by atoms with E-state index in [1.165, 1.54) is 24.4 Å². The molecule has 0 aliphatic carbocycles. The molecule has 1 fully saturated rings. The van der Waals surface area contributed by atoms with Crippen molar-refractivity contribution in [3.63, 3.8) is 0 Å². The number of rotatable bonds is 6. The minimum atomic E-state index is -4.67. The third-order valence-corrected chi connectivity index (χ3v) is 5.74. The van der Waals surface area contributed by atoms with E-state index in [0.717, 1.165) is 18.3 Å². The summed E-state index contributed by atoms with van der Waals surface area (Å²) < 4.78 is 88.7. The van der Waals surface area contributed by atoms with Crippen LogP contribution in [-0.2, 0) is 21.4 Å². The zero-order valence-corrected chi connectivity index (χ0v) is 20.1. The van der Waals surface area contributed by atoms with E-state index in [4.69, 9.17) is 21.1 Å². The number of amides is 1. The van der Waals surface area contributed by atoms with Crippen molar-refractivity contribution in [3.05, 3.63) is 70.8 Å². The summed E-state index contributed by atoms with van der Waals surface area (Å²) in [5.41, 5.74) is -0.832. The van der Waals surface area contributed by atoms with Crippen LogP contribution in [0.4, 0.5) is 43.7 Å². The van der Waals surface area contributed by atoms with E-state index in [2.05, 4.69) is 25.6 Å². The predicted octanol–water partition coefficient (Wildman–Crippen LogP) is 6.08. The van der Waals surface area contributed by atoms with Gasteiger partial charge in [-0.2, -0.15) is 26.3 Å². The number of carbonyl (C=O) groups is 1. The van der Waals surface area contributed by atoms with Crippen molar-refractivity contribution in [2.45, 2.75) is 37.6 Å². The monoisotopic (exact) mass is 561 g/mol. The topological polar surface area (TPSA) is 98.3 Å². The van der Waals surface area contributed by atoms with E-state index >= 15 is 0 Å². The van der Waals surface area contributed by atoms with E-state index in [1.54, 1.807) is 6.92 Å². The predicted molar refractivity (Wildman–Crippen MR) is 123 cm³/mol.